The van der Waals surface area contributed by atoms with E-state index in [1.807, 2.05) is 13.8 Å². The van der Waals surface area contributed by atoms with Crippen molar-refractivity contribution in [2.45, 2.75) is 20.3 Å². The minimum absolute atomic E-state index is 0.0373. The molecule has 0 aliphatic carbocycles. The topological polar surface area (TPSA) is 55.8 Å². The number of carbonyl (C=O) groups is 2. The van der Waals surface area contributed by atoms with Crippen LogP contribution in [0.1, 0.15) is 20.3 Å². The average Bonchev–Trinajstić information content (AvgIpc) is 2.71. The number of amides is 1. The Hall–Kier alpha value is -2.04. The standard InChI is InChI=1S/C14H17NO4/c1-3-18-11-5-6-13(19-4-2)12(8-11)15-9-10(16)7-14(15)17/h5-6,8H,3-4,7,9H2,1-2H3. The highest BCUT2D eigenvalue weighted by Crippen LogP contribution is 2.34. The summed E-state index contributed by atoms with van der Waals surface area (Å²) < 4.78 is 10.9. The van der Waals surface area contributed by atoms with Gasteiger partial charge >= 0.3 is 0 Å². The lowest BCUT2D eigenvalue weighted by atomic mass is 10.2. The van der Waals surface area contributed by atoms with Crippen LogP contribution in [0.5, 0.6) is 11.5 Å². The molecule has 0 spiro atoms. The molecule has 5 heteroatoms. The minimum Gasteiger partial charge on any atom is -0.494 e. The molecule has 1 aliphatic heterocycles. The zero-order chi connectivity index (χ0) is 13.8. The Balaban J connectivity index is 2.36. The van der Waals surface area contributed by atoms with Gasteiger partial charge in [-0.1, -0.05) is 0 Å². The van der Waals surface area contributed by atoms with Gasteiger partial charge in [0.15, 0.2) is 5.78 Å². The van der Waals surface area contributed by atoms with Crippen molar-refractivity contribution < 1.29 is 19.1 Å². The first-order valence-electron chi connectivity index (χ1n) is 6.37. The lowest BCUT2D eigenvalue weighted by Gasteiger charge is -2.19. The van der Waals surface area contributed by atoms with Gasteiger partial charge in [-0.3, -0.25) is 9.59 Å². The summed E-state index contributed by atoms with van der Waals surface area (Å²) >= 11 is 0. The number of carbonyl (C=O) groups excluding carboxylic acids is 2. The van der Waals surface area contributed by atoms with Crippen molar-refractivity contribution in [3.63, 3.8) is 0 Å². The Morgan fingerprint density at radius 3 is 2.47 bits per heavy atom. The number of hydrogen-bond donors (Lipinski definition) is 0. The van der Waals surface area contributed by atoms with E-state index in [2.05, 4.69) is 0 Å². The molecular formula is C14H17NO4. The van der Waals surface area contributed by atoms with Crippen LogP contribution in [0.4, 0.5) is 5.69 Å². The summed E-state index contributed by atoms with van der Waals surface area (Å²) in [6.07, 6.45) is -0.0373. The van der Waals surface area contributed by atoms with Crippen LogP contribution in [0.3, 0.4) is 0 Å². The molecule has 0 radical (unpaired) electrons. The van der Waals surface area contributed by atoms with Crippen LogP contribution >= 0.6 is 0 Å². The number of benzene rings is 1. The zero-order valence-corrected chi connectivity index (χ0v) is 11.1. The van der Waals surface area contributed by atoms with Gasteiger partial charge in [0.2, 0.25) is 5.91 Å². The van der Waals surface area contributed by atoms with E-state index >= 15 is 0 Å². The predicted molar refractivity (Wildman–Crippen MR) is 70.8 cm³/mol. The van der Waals surface area contributed by atoms with Crippen molar-refractivity contribution in [1.29, 1.82) is 0 Å². The first-order chi connectivity index (χ1) is 9.15. The summed E-state index contributed by atoms with van der Waals surface area (Å²) in [4.78, 5) is 24.7. The third kappa shape index (κ3) is 2.86. The summed E-state index contributed by atoms with van der Waals surface area (Å²) in [5, 5.41) is 0. The van der Waals surface area contributed by atoms with Crippen LogP contribution < -0.4 is 14.4 Å². The summed E-state index contributed by atoms with van der Waals surface area (Å²) in [7, 11) is 0. The van der Waals surface area contributed by atoms with Crippen molar-refractivity contribution in [1.82, 2.24) is 0 Å². The number of ether oxygens (including phenoxy) is 2. The van der Waals surface area contributed by atoms with Gasteiger partial charge in [-0.15, -0.1) is 0 Å². The van der Waals surface area contributed by atoms with Gasteiger partial charge in [0.1, 0.15) is 11.5 Å². The smallest absolute Gasteiger partial charge is 0.235 e. The van der Waals surface area contributed by atoms with Crippen LogP contribution in [0, 0.1) is 0 Å². The van der Waals surface area contributed by atoms with E-state index in [4.69, 9.17) is 9.47 Å². The lowest BCUT2D eigenvalue weighted by Crippen LogP contribution is -2.25. The van der Waals surface area contributed by atoms with Crippen molar-refractivity contribution in [2.75, 3.05) is 24.7 Å². The van der Waals surface area contributed by atoms with Gasteiger partial charge in [-0.2, -0.15) is 0 Å². The molecule has 0 atom stereocenters. The maximum Gasteiger partial charge on any atom is 0.235 e. The molecule has 1 heterocycles. The Morgan fingerprint density at radius 1 is 1.16 bits per heavy atom. The van der Waals surface area contributed by atoms with Gasteiger partial charge in [0.05, 0.1) is 31.9 Å². The quantitative estimate of drug-likeness (QED) is 0.760. The van der Waals surface area contributed by atoms with Crippen molar-refractivity contribution in [3.8, 4) is 11.5 Å². The molecular weight excluding hydrogens is 246 g/mol. The van der Waals surface area contributed by atoms with E-state index in [1.54, 1.807) is 18.2 Å². The molecule has 0 unspecified atom stereocenters. The maximum absolute atomic E-state index is 11.8. The Bertz CT molecular complexity index is 498. The van der Waals surface area contributed by atoms with Gasteiger partial charge in [-0.05, 0) is 26.0 Å². The zero-order valence-electron chi connectivity index (χ0n) is 11.1. The predicted octanol–water partition coefficient (Wildman–Crippen LogP) is 1.79. The number of nitrogens with zero attached hydrogens (tertiary/aromatic N) is 1. The number of ketones is 1. The molecule has 0 saturated carbocycles. The molecule has 1 aliphatic rings. The molecule has 1 aromatic rings. The average molecular weight is 263 g/mol. The SMILES string of the molecule is CCOc1ccc(OCC)c(N2CC(=O)CC2=O)c1. The molecule has 0 N–H and O–H groups in total. The fourth-order valence-corrected chi connectivity index (χ4v) is 2.05. The molecule has 1 fully saturated rings. The summed E-state index contributed by atoms with van der Waals surface area (Å²) in [5.74, 6) is 0.982. The summed E-state index contributed by atoms with van der Waals surface area (Å²) in [5.41, 5.74) is 0.601. The molecule has 1 aromatic carbocycles. The molecule has 0 bridgehead atoms. The third-order valence-corrected chi connectivity index (χ3v) is 2.82. The highest BCUT2D eigenvalue weighted by atomic mass is 16.5. The second-order valence-electron chi connectivity index (χ2n) is 4.19. The fourth-order valence-electron chi connectivity index (χ4n) is 2.05. The molecule has 2 rings (SSSR count). The second-order valence-corrected chi connectivity index (χ2v) is 4.19. The van der Waals surface area contributed by atoms with Gasteiger partial charge in [0, 0.05) is 6.07 Å². The number of rotatable bonds is 5. The van der Waals surface area contributed by atoms with E-state index in [-0.39, 0.29) is 24.7 Å². The van der Waals surface area contributed by atoms with Crippen molar-refractivity contribution >= 4 is 17.4 Å². The van der Waals surface area contributed by atoms with Gasteiger partial charge in [0.25, 0.3) is 0 Å². The Morgan fingerprint density at radius 2 is 1.89 bits per heavy atom. The lowest BCUT2D eigenvalue weighted by molar-refractivity contribution is -0.121. The van der Waals surface area contributed by atoms with Crippen LogP contribution in [-0.4, -0.2) is 31.4 Å². The largest absolute Gasteiger partial charge is 0.494 e. The van der Waals surface area contributed by atoms with E-state index in [0.29, 0.717) is 30.4 Å². The van der Waals surface area contributed by atoms with E-state index in [0.717, 1.165) is 0 Å². The molecule has 1 saturated heterocycles. The van der Waals surface area contributed by atoms with Crippen LogP contribution in [0.15, 0.2) is 18.2 Å². The summed E-state index contributed by atoms with van der Waals surface area (Å²) in [6.45, 7) is 4.91. The highest BCUT2D eigenvalue weighted by Gasteiger charge is 2.30. The molecule has 0 aromatic heterocycles. The second kappa shape index (κ2) is 5.73. The van der Waals surface area contributed by atoms with Crippen LogP contribution in [-0.2, 0) is 9.59 Å². The molecule has 1 amide bonds. The Labute approximate surface area is 112 Å². The van der Waals surface area contributed by atoms with E-state index in [1.165, 1.54) is 4.90 Å². The normalized spacial score (nSPS) is 14.9. The van der Waals surface area contributed by atoms with Crippen LogP contribution in [0.25, 0.3) is 0 Å². The first-order valence-corrected chi connectivity index (χ1v) is 6.37. The monoisotopic (exact) mass is 263 g/mol. The maximum atomic E-state index is 11.8. The number of anilines is 1. The van der Waals surface area contributed by atoms with Crippen molar-refractivity contribution in [3.05, 3.63) is 18.2 Å². The molecule has 19 heavy (non-hydrogen) atoms. The fraction of sp³-hybridized carbons (Fsp3) is 0.429. The van der Waals surface area contributed by atoms with E-state index in [9.17, 15) is 9.59 Å². The summed E-state index contributed by atoms with van der Waals surface area (Å²) in [6, 6.07) is 5.30. The van der Waals surface area contributed by atoms with Crippen LogP contribution in [0.2, 0.25) is 0 Å². The molecule has 5 nitrogen and oxygen atoms in total. The first kappa shape index (κ1) is 13.4. The van der Waals surface area contributed by atoms with E-state index < -0.39 is 0 Å². The molecule has 102 valence electrons. The van der Waals surface area contributed by atoms with Gasteiger partial charge < -0.3 is 14.4 Å². The van der Waals surface area contributed by atoms with Gasteiger partial charge in [-0.25, -0.2) is 0 Å². The number of hydrogen-bond acceptors (Lipinski definition) is 4. The third-order valence-electron chi connectivity index (χ3n) is 2.82. The minimum atomic E-state index is -0.195. The Kier molecular flexibility index (Phi) is 4.04. The van der Waals surface area contributed by atoms with Crippen molar-refractivity contribution in [2.24, 2.45) is 0 Å². The number of Topliss-reactive ketones (excluding diaryl/α,β-unsaturated/α-hetero) is 1. The highest BCUT2D eigenvalue weighted by molar-refractivity contribution is 6.15.